The number of ether oxygens (including phenoxy) is 3. The van der Waals surface area contributed by atoms with Gasteiger partial charge in [0.2, 0.25) is 6.10 Å². The highest BCUT2D eigenvalue weighted by molar-refractivity contribution is 6.31. The maximum Gasteiger partial charge on any atom is 0.269 e. The molecule has 1 saturated heterocycles. The Bertz CT molecular complexity index is 838. The van der Waals surface area contributed by atoms with Gasteiger partial charge in [0, 0.05) is 18.1 Å². The number of nitrogens with one attached hydrogen (secondary N) is 1. The second-order valence-electron chi connectivity index (χ2n) is 6.56. The number of amides is 1. The number of rotatable bonds is 3. The lowest BCUT2D eigenvalue weighted by atomic mass is 10.1. The molecule has 1 N–H and O–H groups in total. The zero-order chi connectivity index (χ0) is 18.8. The highest BCUT2D eigenvalue weighted by Gasteiger charge is 2.34. The second kappa shape index (κ2) is 7.66. The third-order valence-corrected chi connectivity index (χ3v) is 4.90. The van der Waals surface area contributed by atoms with Crippen molar-refractivity contribution in [1.29, 1.82) is 0 Å². The molecule has 0 aliphatic carbocycles. The fourth-order valence-corrected chi connectivity index (χ4v) is 3.47. The Morgan fingerprint density at radius 2 is 1.81 bits per heavy atom. The van der Waals surface area contributed by atoms with Crippen LogP contribution in [0.5, 0.6) is 11.5 Å². The van der Waals surface area contributed by atoms with Crippen molar-refractivity contribution in [3.63, 3.8) is 0 Å². The number of carbonyl (C=O) groups excluding carboxylic acids is 1. The van der Waals surface area contributed by atoms with Gasteiger partial charge in [0.15, 0.2) is 11.5 Å². The molecular weight excluding hydrogens is 368 g/mol. The van der Waals surface area contributed by atoms with Crippen molar-refractivity contribution in [2.75, 3.05) is 36.5 Å². The van der Waals surface area contributed by atoms with Gasteiger partial charge in [0.1, 0.15) is 6.10 Å². The Hall–Kier alpha value is -2.44. The van der Waals surface area contributed by atoms with Gasteiger partial charge in [-0.15, -0.1) is 0 Å². The first-order chi connectivity index (χ1) is 13.1. The van der Waals surface area contributed by atoms with Crippen molar-refractivity contribution in [3.05, 3.63) is 47.5 Å². The first-order valence-electron chi connectivity index (χ1n) is 8.97. The molecule has 2 atom stereocenters. The Morgan fingerprint density at radius 3 is 2.56 bits per heavy atom. The van der Waals surface area contributed by atoms with E-state index in [0.717, 1.165) is 18.8 Å². The van der Waals surface area contributed by atoms with Crippen LogP contribution in [0.4, 0.5) is 11.4 Å². The molecule has 0 unspecified atom stereocenters. The SMILES string of the molecule is C[C@@H]1Oc2ccccc2O[C@@H]1C(=O)Nc1cc(Cl)ccc1N1CCOCC1. The van der Waals surface area contributed by atoms with E-state index in [-0.39, 0.29) is 5.91 Å². The molecule has 0 radical (unpaired) electrons. The fourth-order valence-electron chi connectivity index (χ4n) is 3.30. The van der Waals surface area contributed by atoms with Crippen LogP contribution in [0, 0.1) is 0 Å². The van der Waals surface area contributed by atoms with Crippen LogP contribution in [0.15, 0.2) is 42.5 Å². The van der Waals surface area contributed by atoms with Gasteiger partial charge in [-0.2, -0.15) is 0 Å². The molecule has 4 rings (SSSR count). The van der Waals surface area contributed by atoms with E-state index in [1.54, 1.807) is 12.1 Å². The van der Waals surface area contributed by atoms with Crippen molar-refractivity contribution in [1.82, 2.24) is 0 Å². The molecule has 0 aromatic heterocycles. The molecule has 0 bridgehead atoms. The number of nitrogens with zero attached hydrogens (tertiary/aromatic N) is 1. The monoisotopic (exact) mass is 388 g/mol. The summed E-state index contributed by atoms with van der Waals surface area (Å²) in [5, 5.41) is 3.53. The summed E-state index contributed by atoms with van der Waals surface area (Å²) in [6.45, 7) is 4.66. The Morgan fingerprint density at radius 1 is 1.11 bits per heavy atom. The summed E-state index contributed by atoms with van der Waals surface area (Å²) >= 11 is 6.17. The molecule has 2 heterocycles. The number of morpholine rings is 1. The van der Waals surface area contributed by atoms with Crippen LogP contribution in [0.25, 0.3) is 0 Å². The Labute approximate surface area is 163 Å². The average molecular weight is 389 g/mol. The highest BCUT2D eigenvalue weighted by Crippen LogP contribution is 2.35. The minimum absolute atomic E-state index is 0.270. The number of benzene rings is 2. The van der Waals surface area contributed by atoms with Crippen LogP contribution in [0.2, 0.25) is 5.02 Å². The van der Waals surface area contributed by atoms with Crippen LogP contribution in [-0.4, -0.2) is 44.4 Å². The summed E-state index contributed by atoms with van der Waals surface area (Å²) in [5.74, 6) is 0.940. The Kier molecular flexibility index (Phi) is 5.09. The molecule has 2 aliphatic heterocycles. The van der Waals surface area contributed by atoms with Gasteiger partial charge in [-0.1, -0.05) is 23.7 Å². The van der Waals surface area contributed by atoms with Crippen molar-refractivity contribution < 1.29 is 19.0 Å². The lowest BCUT2D eigenvalue weighted by Crippen LogP contribution is -2.46. The smallest absolute Gasteiger partial charge is 0.269 e. The first-order valence-corrected chi connectivity index (χ1v) is 9.35. The molecule has 6 nitrogen and oxygen atoms in total. The molecular formula is C20H21ClN2O4. The van der Waals surface area contributed by atoms with Crippen LogP contribution in [-0.2, 0) is 9.53 Å². The number of anilines is 2. The molecule has 0 spiro atoms. The topological polar surface area (TPSA) is 60.0 Å². The van der Waals surface area contributed by atoms with E-state index < -0.39 is 12.2 Å². The zero-order valence-corrected chi connectivity index (χ0v) is 15.7. The molecule has 2 aromatic carbocycles. The van der Waals surface area contributed by atoms with Gasteiger partial charge in [0.25, 0.3) is 5.91 Å². The number of para-hydroxylation sites is 2. The quantitative estimate of drug-likeness (QED) is 0.873. The lowest BCUT2D eigenvalue weighted by Gasteiger charge is -2.33. The van der Waals surface area contributed by atoms with Gasteiger partial charge < -0.3 is 24.4 Å². The molecule has 0 saturated carbocycles. The molecule has 27 heavy (non-hydrogen) atoms. The van der Waals surface area contributed by atoms with E-state index in [0.29, 0.717) is 35.4 Å². The van der Waals surface area contributed by atoms with E-state index in [4.69, 9.17) is 25.8 Å². The molecule has 2 aliphatic rings. The third kappa shape index (κ3) is 3.82. The standard InChI is InChI=1S/C20H21ClN2O4/c1-13-19(27-18-5-3-2-4-17(18)26-13)20(24)22-15-12-14(21)6-7-16(15)23-8-10-25-11-9-23/h2-7,12-13,19H,8-11H2,1H3,(H,22,24)/t13-,19-/m0/s1. The van der Waals surface area contributed by atoms with Gasteiger partial charge in [-0.25, -0.2) is 0 Å². The summed E-state index contributed by atoms with van der Waals surface area (Å²) < 4.78 is 17.1. The molecule has 142 valence electrons. The normalized spacial score (nSPS) is 21.6. The number of carbonyl (C=O) groups is 1. The molecule has 7 heteroatoms. The number of hydrogen-bond donors (Lipinski definition) is 1. The molecule has 1 amide bonds. The molecule has 2 aromatic rings. The molecule has 1 fully saturated rings. The maximum absolute atomic E-state index is 12.9. The van der Waals surface area contributed by atoms with Crippen LogP contribution in [0.3, 0.4) is 0 Å². The lowest BCUT2D eigenvalue weighted by molar-refractivity contribution is -0.128. The summed E-state index contributed by atoms with van der Waals surface area (Å²) in [7, 11) is 0. The van der Waals surface area contributed by atoms with E-state index >= 15 is 0 Å². The summed E-state index contributed by atoms with van der Waals surface area (Å²) in [6, 6.07) is 12.8. The van der Waals surface area contributed by atoms with Crippen LogP contribution >= 0.6 is 11.6 Å². The maximum atomic E-state index is 12.9. The van der Waals surface area contributed by atoms with Crippen LogP contribution in [0.1, 0.15) is 6.92 Å². The van der Waals surface area contributed by atoms with Gasteiger partial charge in [-0.3, -0.25) is 4.79 Å². The minimum atomic E-state index is -0.753. The van der Waals surface area contributed by atoms with Gasteiger partial charge in [0.05, 0.1) is 24.6 Å². The van der Waals surface area contributed by atoms with E-state index in [2.05, 4.69) is 10.2 Å². The number of hydrogen-bond acceptors (Lipinski definition) is 5. The largest absolute Gasteiger partial charge is 0.482 e. The highest BCUT2D eigenvalue weighted by atomic mass is 35.5. The van der Waals surface area contributed by atoms with Crippen molar-refractivity contribution in [3.8, 4) is 11.5 Å². The van der Waals surface area contributed by atoms with E-state index in [9.17, 15) is 4.79 Å². The summed E-state index contributed by atoms with van der Waals surface area (Å²) in [5.41, 5.74) is 1.57. The second-order valence-corrected chi connectivity index (χ2v) is 6.99. The van der Waals surface area contributed by atoms with Crippen molar-refractivity contribution in [2.45, 2.75) is 19.1 Å². The fraction of sp³-hybridized carbons (Fsp3) is 0.350. The summed E-state index contributed by atoms with van der Waals surface area (Å²) in [4.78, 5) is 15.1. The van der Waals surface area contributed by atoms with Gasteiger partial charge in [-0.05, 0) is 37.3 Å². The van der Waals surface area contributed by atoms with Gasteiger partial charge >= 0.3 is 0 Å². The first kappa shape index (κ1) is 17.9. The predicted octanol–water partition coefficient (Wildman–Crippen LogP) is 3.34. The van der Waals surface area contributed by atoms with Crippen molar-refractivity contribution >= 4 is 28.9 Å². The summed E-state index contributed by atoms with van der Waals surface area (Å²) in [6.07, 6.45) is -1.16. The van der Waals surface area contributed by atoms with E-state index in [1.807, 2.05) is 37.3 Å². The van der Waals surface area contributed by atoms with Crippen molar-refractivity contribution in [2.24, 2.45) is 0 Å². The minimum Gasteiger partial charge on any atom is -0.482 e. The number of halogens is 1. The van der Waals surface area contributed by atoms with E-state index in [1.165, 1.54) is 0 Å². The van der Waals surface area contributed by atoms with Crippen LogP contribution < -0.4 is 19.7 Å². The Balaban J connectivity index is 1.55. The zero-order valence-electron chi connectivity index (χ0n) is 15.0. The average Bonchev–Trinajstić information content (AvgIpc) is 2.68. The third-order valence-electron chi connectivity index (χ3n) is 4.67. The number of fused-ring (bicyclic) bond motifs is 1. The predicted molar refractivity (Wildman–Crippen MR) is 104 cm³/mol.